The van der Waals surface area contributed by atoms with Crippen molar-refractivity contribution >= 4 is 0 Å². The third-order valence-electron chi connectivity index (χ3n) is 3.96. The van der Waals surface area contributed by atoms with E-state index in [9.17, 15) is 0 Å². The zero-order valence-electron chi connectivity index (χ0n) is 9.98. The van der Waals surface area contributed by atoms with Crippen molar-refractivity contribution in [1.29, 1.82) is 0 Å². The van der Waals surface area contributed by atoms with E-state index < -0.39 is 0 Å². The summed E-state index contributed by atoms with van der Waals surface area (Å²) in [5.41, 5.74) is 1.31. The fourth-order valence-corrected chi connectivity index (χ4v) is 2.92. The first-order valence-corrected chi connectivity index (χ1v) is 6.45. The van der Waals surface area contributed by atoms with Gasteiger partial charge in [-0.05, 0) is 25.3 Å². The Bertz CT molecular complexity index is 401. The molecule has 2 aliphatic rings. The molecular weight excluding hydrogens is 214 g/mol. The highest BCUT2D eigenvalue weighted by Gasteiger charge is 2.45. The van der Waals surface area contributed by atoms with Crippen LogP contribution in [-0.2, 0) is 0 Å². The summed E-state index contributed by atoms with van der Waals surface area (Å²) < 4.78 is 6.16. The topological polar surface area (TPSA) is 41.5 Å². The van der Waals surface area contributed by atoms with E-state index in [-0.39, 0.29) is 12.2 Å². The molecule has 1 fully saturated rings. The van der Waals surface area contributed by atoms with Crippen LogP contribution in [0.1, 0.15) is 37.3 Å². The molecule has 0 amide bonds. The van der Waals surface area contributed by atoms with E-state index in [1.165, 1.54) is 24.8 Å². The molecular formula is C14H19NO2. The highest BCUT2D eigenvalue weighted by Crippen LogP contribution is 2.48. The van der Waals surface area contributed by atoms with E-state index in [1.54, 1.807) is 0 Å². The summed E-state index contributed by atoms with van der Waals surface area (Å²) in [6, 6.07) is 8.58. The minimum absolute atomic E-state index is 0.0709. The number of para-hydroxylation sites is 1. The first kappa shape index (κ1) is 11.1. The Morgan fingerprint density at radius 3 is 2.88 bits per heavy atom. The molecule has 3 nitrogen and oxygen atoms in total. The van der Waals surface area contributed by atoms with E-state index in [0.717, 1.165) is 12.2 Å². The van der Waals surface area contributed by atoms with Crippen LogP contribution in [0.4, 0.5) is 0 Å². The molecule has 17 heavy (non-hydrogen) atoms. The second-order valence-corrected chi connectivity index (χ2v) is 5.11. The number of hydrogen-bond acceptors (Lipinski definition) is 3. The highest BCUT2D eigenvalue weighted by molar-refractivity contribution is 5.39. The number of nitrogens with one attached hydrogen (secondary N) is 1. The number of aliphatic hydroxyl groups excluding tert-OH is 1. The van der Waals surface area contributed by atoms with Crippen LogP contribution in [0.15, 0.2) is 24.3 Å². The lowest BCUT2D eigenvalue weighted by atomic mass is 9.73. The summed E-state index contributed by atoms with van der Waals surface area (Å²) in [7, 11) is 0. The molecule has 1 aliphatic heterocycles. The Kier molecular flexibility index (Phi) is 2.81. The van der Waals surface area contributed by atoms with Crippen LogP contribution in [-0.4, -0.2) is 23.9 Å². The van der Waals surface area contributed by atoms with Gasteiger partial charge in [0.25, 0.3) is 0 Å². The number of ether oxygens (including phenoxy) is 1. The minimum Gasteiger partial charge on any atom is -0.487 e. The van der Waals surface area contributed by atoms with Gasteiger partial charge in [0.2, 0.25) is 0 Å². The molecule has 3 rings (SSSR count). The minimum atomic E-state index is 0.0709. The lowest BCUT2D eigenvalue weighted by molar-refractivity contribution is -0.0371. The van der Waals surface area contributed by atoms with Gasteiger partial charge in [-0.1, -0.05) is 18.2 Å². The molecule has 3 heteroatoms. The van der Waals surface area contributed by atoms with Crippen molar-refractivity contribution in [2.24, 2.45) is 0 Å². The maximum absolute atomic E-state index is 8.95. The molecule has 1 aromatic rings. The van der Waals surface area contributed by atoms with Crippen LogP contribution in [0.5, 0.6) is 5.75 Å². The van der Waals surface area contributed by atoms with Crippen LogP contribution < -0.4 is 10.1 Å². The van der Waals surface area contributed by atoms with Crippen molar-refractivity contribution in [2.45, 2.75) is 37.3 Å². The molecule has 1 aromatic carbocycles. The monoisotopic (exact) mass is 233 g/mol. The normalized spacial score (nSPS) is 24.9. The Morgan fingerprint density at radius 1 is 1.35 bits per heavy atom. The third kappa shape index (κ3) is 1.94. The third-order valence-corrected chi connectivity index (χ3v) is 3.96. The summed E-state index contributed by atoms with van der Waals surface area (Å²) in [6.45, 7) is 0.835. The molecule has 1 unspecified atom stereocenters. The number of hydrogen-bond donors (Lipinski definition) is 2. The zero-order valence-corrected chi connectivity index (χ0v) is 9.98. The van der Waals surface area contributed by atoms with Crippen LogP contribution >= 0.6 is 0 Å². The molecule has 1 spiro atoms. The fourth-order valence-electron chi connectivity index (χ4n) is 2.92. The maximum atomic E-state index is 8.95. The van der Waals surface area contributed by atoms with Gasteiger partial charge in [0.05, 0.1) is 6.61 Å². The molecule has 2 N–H and O–H groups in total. The second kappa shape index (κ2) is 4.31. The van der Waals surface area contributed by atoms with Crippen molar-refractivity contribution < 1.29 is 9.84 Å². The Labute approximate surface area is 102 Å². The predicted molar refractivity (Wildman–Crippen MR) is 66.1 cm³/mol. The summed E-state index contributed by atoms with van der Waals surface area (Å²) in [6.07, 6.45) is 4.64. The van der Waals surface area contributed by atoms with Crippen LogP contribution in [0, 0.1) is 0 Å². The van der Waals surface area contributed by atoms with E-state index in [4.69, 9.17) is 9.84 Å². The molecule has 1 heterocycles. The van der Waals surface area contributed by atoms with Gasteiger partial charge >= 0.3 is 0 Å². The number of fused-ring (bicyclic) bond motifs is 1. The van der Waals surface area contributed by atoms with Gasteiger partial charge in [-0.25, -0.2) is 0 Å². The lowest BCUT2D eigenvalue weighted by Crippen LogP contribution is -2.49. The summed E-state index contributed by atoms with van der Waals surface area (Å²) in [4.78, 5) is 0. The van der Waals surface area contributed by atoms with E-state index in [0.29, 0.717) is 12.6 Å². The molecule has 0 bridgehead atoms. The van der Waals surface area contributed by atoms with Gasteiger partial charge < -0.3 is 15.2 Å². The quantitative estimate of drug-likeness (QED) is 0.839. The SMILES string of the molecule is OCCNC1CC2(CCC2)Oc2ccccc21. The van der Waals surface area contributed by atoms with Gasteiger partial charge in [-0.2, -0.15) is 0 Å². The number of benzene rings is 1. The second-order valence-electron chi connectivity index (χ2n) is 5.11. The summed E-state index contributed by atoms with van der Waals surface area (Å²) in [5.74, 6) is 1.02. The van der Waals surface area contributed by atoms with Gasteiger partial charge in [-0.15, -0.1) is 0 Å². The van der Waals surface area contributed by atoms with Gasteiger partial charge in [0.1, 0.15) is 11.4 Å². The fraction of sp³-hybridized carbons (Fsp3) is 0.571. The van der Waals surface area contributed by atoms with Crippen molar-refractivity contribution in [3.8, 4) is 5.75 Å². The smallest absolute Gasteiger partial charge is 0.124 e. The Balaban J connectivity index is 1.86. The highest BCUT2D eigenvalue weighted by atomic mass is 16.5. The largest absolute Gasteiger partial charge is 0.487 e. The van der Waals surface area contributed by atoms with E-state index in [2.05, 4.69) is 23.5 Å². The lowest BCUT2D eigenvalue weighted by Gasteiger charge is -2.48. The number of rotatable bonds is 3. The van der Waals surface area contributed by atoms with Crippen molar-refractivity contribution in [1.82, 2.24) is 5.32 Å². The van der Waals surface area contributed by atoms with Crippen molar-refractivity contribution in [3.05, 3.63) is 29.8 Å². The molecule has 0 saturated heterocycles. The predicted octanol–water partition coefficient (Wildman–Crippen LogP) is 2.01. The molecule has 92 valence electrons. The Morgan fingerprint density at radius 2 is 2.18 bits per heavy atom. The van der Waals surface area contributed by atoms with E-state index in [1.807, 2.05) is 6.07 Å². The van der Waals surface area contributed by atoms with Gasteiger partial charge in [-0.3, -0.25) is 0 Å². The molecule has 1 atom stereocenters. The molecule has 1 aliphatic carbocycles. The summed E-state index contributed by atoms with van der Waals surface area (Å²) in [5, 5.41) is 12.4. The average Bonchev–Trinajstić information content (AvgIpc) is 2.33. The first-order chi connectivity index (χ1) is 8.33. The first-order valence-electron chi connectivity index (χ1n) is 6.45. The molecule has 0 radical (unpaired) electrons. The van der Waals surface area contributed by atoms with Crippen molar-refractivity contribution in [2.75, 3.05) is 13.2 Å². The van der Waals surface area contributed by atoms with E-state index >= 15 is 0 Å². The van der Waals surface area contributed by atoms with Crippen molar-refractivity contribution in [3.63, 3.8) is 0 Å². The van der Waals surface area contributed by atoms with Gasteiger partial charge in [0.15, 0.2) is 0 Å². The average molecular weight is 233 g/mol. The number of aliphatic hydroxyl groups is 1. The molecule has 1 saturated carbocycles. The summed E-state index contributed by atoms with van der Waals surface area (Å²) >= 11 is 0. The molecule has 0 aromatic heterocycles. The zero-order chi connectivity index (χ0) is 11.7. The standard InChI is InChI=1S/C14H19NO2/c16-9-8-15-12-10-14(6-3-7-14)17-13-5-2-1-4-11(12)13/h1-2,4-5,12,15-16H,3,6-10H2. The maximum Gasteiger partial charge on any atom is 0.124 e. The Hall–Kier alpha value is -1.06. The van der Waals surface area contributed by atoms with Crippen LogP contribution in [0.2, 0.25) is 0 Å². The van der Waals surface area contributed by atoms with Crippen LogP contribution in [0.25, 0.3) is 0 Å². The van der Waals surface area contributed by atoms with Gasteiger partial charge in [0, 0.05) is 24.6 Å². The van der Waals surface area contributed by atoms with Crippen LogP contribution in [0.3, 0.4) is 0 Å².